The zero-order valence-corrected chi connectivity index (χ0v) is 10.7. The summed E-state index contributed by atoms with van der Waals surface area (Å²) in [6.45, 7) is 0. The van der Waals surface area contributed by atoms with Crippen LogP contribution in [0.4, 0.5) is 5.69 Å². The van der Waals surface area contributed by atoms with Gasteiger partial charge in [0.05, 0.1) is 5.02 Å². The first-order chi connectivity index (χ1) is 8.59. The summed E-state index contributed by atoms with van der Waals surface area (Å²) >= 11 is 3.83. The smallest absolute Gasteiger partial charge is 0.259 e. The molecule has 0 heterocycles. The fourth-order valence-corrected chi connectivity index (χ4v) is 2.34. The second kappa shape index (κ2) is 5.39. The maximum Gasteiger partial charge on any atom is 0.259 e. The van der Waals surface area contributed by atoms with E-state index in [0.29, 0.717) is 5.56 Å². The van der Waals surface area contributed by atoms with Crippen LogP contribution in [0.2, 0.25) is 5.02 Å². The van der Waals surface area contributed by atoms with E-state index in [0.717, 1.165) is 5.56 Å². The molecule has 0 spiro atoms. The van der Waals surface area contributed by atoms with Gasteiger partial charge in [-0.15, -0.1) is 0 Å². The average Bonchev–Trinajstić information content (AvgIpc) is 2.35. The lowest BCUT2D eigenvalue weighted by molar-refractivity contribution is 0.477. The van der Waals surface area contributed by atoms with Crippen LogP contribution in [-0.4, -0.2) is 13.9 Å². The molecule has 94 valence electrons. The van der Waals surface area contributed by atoms with Gasteiger partial charge in [-0.25, -0.2) is 4.21 Å². The average molecular weight is 284 g/mol. The van der Waals surface area contributed by atoms with E-state index in [1.165, 1.54) is 6.07 Å². The van der Waals surface area contributed by atoms with Crippen LogP contribution in [0.5, 0.6) is 5.75 Å². The third kappa shape index (κ3) is 2.64. The van der Waals surface area contributed by atoms with Gasteiger partial charge < -0.3 is 5.11 Å². The highest BCUT2D eigenvalue weighted by atomic mass is 35.5. The van der Waals surface area contributed by atoms with E-state index in [-0.39, 0.29) is 16.5 Å². The summed E-state index contributed by atoms with van der Waals surface area (Å²) in [7, 11) is 0. The van der Waals surface area contributed by atoms with Gasteiger partial charge in [0.15, 0.2) is 0 Å². The van der Waals surface area contributed by atoms with E-state index in [9.17, 15) is 9.32 Å². The van der Waals surface area contributed by atoms with Crippen molar-refractivity contribution < 1.29 is 13.9 Å². The molecule has 0 radical (unpaired) electrons. The van der Waals surface area contributed by atoms with Crippen LogP contribution in [-0.2, 0) is 11.3 Å². The molecular weight excluding hydrogens is 274 g/mol. The number of hydrogen-bond acceptors (Lipinski definition) is 2. The summed E-state index contributed by atoms with van der Waals surface area (Å²) in [4.78, 5) is 0. The van der Waals surface area contributed by atoms with Crippen molar-refractivity contribution in [3.63, 3.8) is 0 Å². The first kappa shape index (κ1) is 12.9. The molecule has 1 unspecified atom stereocenters. The second-order valence-corrected chi connectivity index (χ2v) is 4.62. The van der Waals surface area contributed by atoms with Gasteiger partial charge in [-0.3, -0.25) is 9.27 Å². The number of anilines is 1. The normalized spacial score (nSPS) is 12.1. The number of nitrogens with one attached hydrogen (secondary N) is 1. The first-order valence-electron chi connectivity index (χ1n) is 5.04. The van der Waals surface area contributed by atoms with Gasteiger partial charge in [-0.2, -0.15) is 0 Å². The molecule has 2 aromatic rings. The molecular formula is C12H10ClNO3S. The minimum atomic E-state index is -2.30. The number of halogens is 1. The van der Waals surface area contributed by atoms with Gasteiger partial charge in [0.25, 0.3) is 11.3 Å². The summed E-state index contributed by atoms with van der Waals surface area (Å²) in [6.07, 6.45) is 0. The summed E-state index contributed by atoms with van der Waals surface area (Å²) < 4.78 is 21.8. The number of aromatic hydroxyl groups is 1. The zero-order chi connectivity index (χ0) is 13.1. The number of rotatable bonds is 3. The Morgan fingerprint density at radius 2 is 1.78 bits per heavy atom. The van der Waals surface area contributed by atoms with Gasteiger partial charge >= 0.3 is 0 Å². The molecule has 0 aromatic heterocycles. The number of hydrogen-bond donors (Lipinski definition) is 3. The van der Waals surface area contributed by atoms with Gasteiger partial charge in [-0.1, -0.05) is 41.9 Å². The van der Waals surface area contributed by atoms with Crippen LogP contribution in [0.3, 0.4) is 0 Å². The maximum absolute atomic E-state index is 10.8. The molecule has 0 saturated heterocycles. The molecule has 3 N–H and O–H groups in total. The van der Waals surface area contributed by atoms with Crippen molar-refractivity contribution in [2.45, 2.75) is 0 Å². The molecule has 0 aliphatic heterocycles. The molecule has 2 aromatic carbocycles. The molecule has 0 amide bonds. The van der Waals surface area contributed by atoms with E-state index < -0.39 is 11.3 Å². The fourth-order valence-electron chi connectivity index (χ4n) is 1.59. The molecule has 0 fully saturated rings. The standard InChI is InChI=1S/C12H10ClNO3S/c13-11-9(8-4-2-1-3-5-8)6-7-10(15)12(11)14-18(16)17/h1-7,14-15H,(H,16,17). The van der Waals surface area contributed by atoms with E-state index >= 15 is 0 Å². The van der Waals surface area contributed by atoms with Gasteiger partial charge in [0, 0.05) is 5.56 Å². The van der Waals surface area contributed by atoms with Crippen molar-refractivity contribution in [3.8, 4) is 16.9 Å². The largest absolute Gasteiger partial charge is 0.506 e. The molecule has 0 saturated carbocycles. The SMILES string of the molecule is O=S(O)Nc1c(O)ccc(-c2ccccc2)c1Cl. The Labute approximate surface area is 112 Å². The Hall–Kier alpha value is -1.56. The summed E-state index contributed by atoms with van der Waals surface area (Å²) in [5.41, 5.74) is 1.57. The number of phenolic OH excluding ortho intramolecular Hbond substituents is 1. The summed E-state index contributed by atoms with van der Waals surface area (Å²) in [5.74, 6) is -0.179. The summed E-state index contributed by atoms with van der Waals surface area (Å²) in [5, 5.41) is 9.82. The number of benzene rings is 2. The Morgan fingerprint density at radius 1 is 1.11 bits per heavy atom. The molecule has 0 aliphatic rings. The lowest BCUT2D eigenvalue weighted by atomic mass is 10.0. The molecule has 1 atom stereocenters. The van der Waals surface area contributed by atoms with Crippen LogP contribution in [0.25, 0.3) is 11.1 Å². The van der Waals surface area contributed by atoms with Crippen LogP contribution < -0.4 is 4.72 Å². The Morgan fingerprint density at radius 3 is 2.39 bits per heavy atom. The molecule has 18 heavy (non-hydrogen) atoms. The number of phenols is 1. The predicted octanol–water partition coefficient (Wildman–Crippen LogP) is 3.26. The molecule has 0 aliphatic carbocycles. The maximum atomic E-state index is 10.8. The predicted molar refractivity (Wildman–Crippen MR) is 72.9 cm³/mol. The first-order valence-corrected chi connectivity index (χ1v) is 6.52. The Bertz CT molecular complexity index is 589. The van der Waals surface area contributed by atoms with Crippen LogP contribution in [0, 0.1) is 0 Å². The quantitative estimate of drug-likeness (QED) is 0.598. The third-order valence-corrected chi connectivity index (χ3v) is 3.17. The van der Waals surface area contributed by atoms with Crippen molar-refractivity contribution in [2.75, 3.05) is 4.72 Å². The van der Waals surface area contributed by atoms with Gasteiger partial charge in [0.1, 0.15) is 11.4 Å². The Kier molecular flexibility index (Phi) is 3.86. The monoisotopic (exact) mass is 283 g/mol. The van der Waals surface area contributed by atoms with Crippen molar-refractivity contribution in [1.29, 1.82) is 0 Å². The minimum Gasteiger partial charge on any atom is -0.506 e. The second-order valence-electron chi connectivity index (χ2n) is 3.54. The van der Waals surface area contributed by atoms with Crippen molar-refractivity contribution in [2.24, 2.45) is 0 Å². The van der Waals surface area contributed by atoms with Crippen LogP contribution >= 0.6 is 11.6 Å². The molecule has 6 heteroatoms. The van der Waals surface area contributed by atoms with E-state index in [4.69, 9.17) is 16.2 Å². The van der Waals surface area contributed by atoms with Gasteiger partial charge in [0.2, 0.25) is 0 Å². The molecule has 2 rings (SSSR count). The topological polar surface area (TPSA) is 69.6 Å². The summed E-state index contributed by atoms with van der Waals surface area (Å²) in [6, 6.07) is 12.4. The minimum absolute atomic E-state index is 0.0406. The van der Waals surface area contributed by atoms with Crippen LogP contribution in [0.15, 0.2) is 42.5 Å². The molecule has 0 bridgehead atoms. The highest BCUT2D eigenvalue weighted by molar-refractivity contribution is 7.80. The van der Waals surface area contributed by atoms with Crippen LogP contribution in [0.1, 0.15) is 0 Å². The van der Waals surface area contributed by atoms with Crippen molar-refractivity contribution in [3.05, 3.63) is 47.5 Å². The van der Waals surface area contributed by atoms with E-state index in [1.54, 1.807) is 6.07 Å². The third-order valence-electron chi connectivity index (χ3n) is 2.39. The zero-order valence-electron chi connectivity index (χ0n) is 9.13. The highest BCUT2D eigenvalue weighted by Crippen LogP contribution is 2.39. The lowest BCUT2D eigenvalue weighted by Gasteiger charge is -2.11. The lowest BCUT2D eigenvalue weighted by Crippen LogP contribution is -2.03. The van der Waals surface area contributed by atoms with E-state index in [2.05, 4.69) is 4.72 Å². The molecule has 4 nitrogen and oxygen atoms in total. The highest BCUT2D eigenvalue weighted by Gasteiger charge is 2.13. The van der Waals surface area contributed by atoms with E-state index in [1.807, 2.05) is 30.3 Å². The van der Waals surface area contributed by atoms with Crippen molar-refractivity contribution in [1.82, 2.24) is 0 Å². The fraction of sp³-hybridized carbons (Fsp3) is 0. The van der Waals surface area contributed by atoms with Crippen molar-refractivity contribution >= 4 is 28.6 Å². The van der Waals surface area contributed by atoms with Gasteiger partial charge in [-0.05, 0) is 17.7 Å². The Balaban J connectivity index is 2.54.